The fourth-order valence-electron chi connectivity index (χ4n) is 5.64. The van der Waals surface area contributed by atoms with Crippen LogP contribution < -0.4 is 25.8 Å². The third-order valence-corrected chi connectivity index (χ3v) is 8.11. The number of nitro groups is 1. The molecule has 0 atom stereocenters. The number of amides is 2. The molecule has 1 saturated heterocycles. The summed E-state index contributed by atoms with van der Waals surface area (Å²) in [5.41, 5.74) is 8.85. The number of nitrogens with two attached hydrogens (primary N) is 1. The first kappa shape index (κ1) is 39.9. The molecular weight excluding hydrogens is 644 g/mol. The fourth-order valence-corrected chi connectivity index (χ4v) is 5.64. The largest absolute Gasteiger partial charge is 0.495 e. The molecule has 0 aliphatic carbocycles. The first-order chi connectivity index (χ1) is 23.3. The molecule has 0 bridgehead atoms. The number of rotatable bonds is 7. The molecule has 0 spiro atoms. The van der Waals surface area contributed by atoms with Gasteiger partial charge in [0, 0.05) is 24.8 Å². The van der Waals surface area contributed by atoms with Crippen LogP contribution in [-0.4, -0.2) is 92.6 Å². The van der Waals surface area contributed by atoms with E-state index in [1.54, 1.807) is 40.0 Å². The second kappa shape index (κ2) is 16.9. The minimum Gasteiger partial charge on any atom is -0.495 e. The molecule has 0 saturated carbocycles. The predicted molar refractivity (Wildman–Crippen MR) is 196 cm³/mol. The molecule has 276 valence electrons. The van der Waals surface area contributed by atoms with Gasteiger partial charge >= 0.3 is 12.2 Å². The van der Waals surface area contributed by atoms with E-state index in [4.69, 9.17) is 24.7 Å². The van der Waals surface area contributed by atoms with E-state index in [0.29, 0.717) is 40.8 Å². The van der Waals surface area contributed by atoms with Crippen molar-refractivity contribution in [2.45, 2.75) is 77.9 Å². The van der Waals surface area contributed by atoms with Gasteiger partial charge in [0.25, 0.3) is 5.69 Å². The number of nitrogens with zero attached hydrogens (tertiary/aromatic N) is 3. The number of likely N-dealkylation sites (N-methyl/N-ethyl adjacent to an activating group) is 1. The van der Waals surface area contributed by atoms with E-state index in [2.05, 4.69) is 27.5 Å². The summed E-state index contributed by atoms with van der Waals surface area (Å²) in [6.07, 6.45) is 3.61. The number of anilines is 3. The third kappa shape index (κ3) is 11.8. The number of hydrogen-bond acceptors (Lipinski definition) is 11. The summed E-state index contributed by atoms with van der Waals surface area (Å²) >= 11 is 0. The van der Waals surface area contributed by atoms with Gasteiger partial charge in [0.2, 0.25) is 0 Å². The highest BCUT2D eigenvalue weighted by Gasteiger charge is 2.26. The van der Waals surface area contributed by atoms with Crippen LogP contribution in [0.3, 0.4) is 0 Å². The van der Waals surface area contributed by atoms with E-state index in [-0.39, 0.29) is 11.4 Å². The summed E-state index contributed by atoms with van der Waals surface area (Å²) < 4.78 is 21.3. The second-order valence-corrected chi connectivity index (χ2v) is 14.6. The van der Waals surface area contributed by atoms with Crippen molar-refractivity contribution in [3.63, 3.8) is 0 Å². The average Bonchev–Trinajstić information content (AvgIpc) is 3.00. The molecule has 1 fully saturated rings. The zero-order valence-electron chi connectivity index (χ0n) is 31.1. The van der Waals surface area contributed by atoms with Crippen molar-refractivity contribution in [3.05, 3.63) is 51.6 Å². The van der Waals surface area contributed by atoms with Crippen LogP contribution >= 0.6 is 0 Å². The Morgan fingerprint density at radius 2 is 1.36 bits per heavy atom. The Morgan fingerprint density at radius 3 is 1.82 bits per heavy atom. The number of ether oxygens (including phenoxy) is 4. The standard InChI is InChI=1S/C18H25N3O5.C18H29N3O3/c1-18(2,3)26-17(22)19-14-11-15(21(23)24)13(10-16(14)25-5)12-6-8-20(4)9-7-12;1-18(2,3)24-17(22)20-15-11-14(19)13(10-16(15)23-5)12-6-8-21(4)9-7-12/h6,10-11H,7-9H2,1-5H3,(H,19,22);10-12H,6-9,19H2,1-5H3,(H,20,22). The van der Waals surface area contributed by atoms with E-state index in [0.717, 1.165) is 50.2 Å². The Labute approximate surface area is 295 Å². The molecular formula is C36H54N6O8. The van der Waals surface area contributed by atoms with Gasteiger partial charge in [0.1, 0.15) is 22.7 Å². The molecule has 0 aromatic heterocycles. The lowest BCUT2D eigenvalue weighted by molar-refractivity contribution is -0.385. The van der Waals surface area contributed by atoms with Crippen molar-refractivity contribution in [1.29, 1.82) is 0 Å². The molecule has 4 rings (SSSR count). The Kier molecular flexibility index (Phi) is 13.5. The highest BCUT2D eigenvalue weighted by Crippen LogP contribution is 2.39. The van der Waals surface area contributed by atoms with Crippen LogP contribution in [0.2, 0.25) is 0 Å². The van der Waals surface area contributed by atoms with Crippen molar-refractivity contribution in [1.82, 2.24) is 9.80 Å². The summed E-state index contributed by atoms with van der Waals surface area (Å²) in [5.74, 6) is 1.37. The Balaban J connectivity index is 0.000000271. The van der Waals surface area contributed by atoms with Gasteiger partial charge in [-0.3, -0.25) is 20.7 Å². The Bertz CT molecular complexity index is 1560. The van der Waals surface area contributed by atoms with Gasteiger partial charge in [-0.2, -0.15) is 0 Å². The van der Waals surface area contributed by atoms with Gasteiger partial charge in [-0.05, 0) is 123 Å². The van der Waals surface area contributed by atoms with Crippen molar-refractivity contribution in [2.75, 3.05) is 70.9 Å². The number of methoxy groups -OCH3 is 2. The minimum absolute atomic E-state index is 0.0762. The summed E-state index contributed by atoms with van der Waals surface area (Å²) in [6, 6.07) is 6.62. The molecule has 50 heavy (non-hydrogen) atoms. The van der Waals surface area contributed by atoms with Crippen LogP contribution in [0.1, 0.15) is 77.8 Å². The third-order valence-electron chi connectivity index (χ3n) is 8.11. The number of nitro benzene ring substituents is 1. The summed E-state index contributed by atoms with van der Waals surface area (Å²) in [6.45, 7) is 14.3. The van der Waals surface area contributed by atoms with Gasteiger partial charge in [-0.25, -0.2) is 9.59 Å². The van der Waals surface area contributed by atoms with Crippen LogP contribution in [0.25, 0.3) is 5.57 Å². The molecule has 2 heterocycles. The molecule has 0 unspecified atom stereocenters. The van der Waals surface area contributed by atoms with Gasteiger partial charge in [-0.15, -0.1) is 0 Å². The SMILES string of the molecule is COc1cc(C2=CCN(C)CC2)c([N+](=O)[O-])cc1NC(=O)OC(C)(C)C.COc1cc(C2CCN(C)CC2)c(N)cc1NC(=O)OC(C)(C)C. The lowest BCUT2D eigenvalue weighted by atomic mass is 9.88. The molecule has 2 aliphatic rings. The first-order valence-corrected chi connectivity index (χ1v) is 16.7. The fraction of sp³-hybridized carbons (Fsp3) is 0.556. The van der Waals surface area contributed by atoms with E-state index in [9.17, 15) is 19.7 Å². The van der Waals surface area contributed by atoms with Crippen molar-refractivity contribution >= 4 is 40.5 Å². The molecule has 2 aromatic rings. The van der Waals surface area contributed by atoms with Crippen LogP contribution in [0.15, 0.2) is 30.3 Å². The molecule has 14 nitrogen and oxygen atoms in total. The first-order valence-electron chi connectivity index (χ1n) is 16.7. The van der Waals surface area contributed by atoms with Gasteiger partial charge < -0.3 is 34.5 Å². The molecule has 2 aromatic carbocycles. The number of carbonyl (C=O) groups excluding carboxylic acids is 2. The summed E-state index contributed by atoms with van der Waals surface area (Å²) in [4.78, 5) is 39.6. The number of piperidine rings is 1. The predicted octanol–water partition coefficient (Wildman–Crippen LogP) is 7.10. The molecule has 14 heteroatoms. The van der Waals surface area contributed by atoms with Crippen molar-refractivity contribution in [2.24, 2.45) is 0 Å². The molecule has 4 N–H and O–H groups in total. The number of likely N-dealkylation sites (tertiary alicyclic amines) is 1. The van der Waals surface area contributed by atoms with Crippen molar-refractivity contribution < 1.29 is 33.5 Å². The average molecular weight is 699 g/mol. The van der Waals surface area contributed by atoms with Gasteiger partial charge in [0.15, 0.2) is 0 Å². The number of benzene rings is 2. The highest BCUT2D eigenvalue weighted by atomic mass is 16.6. The lowest BCUT2D eigenvalue weighted by Gasteiger charge is -2.30. The monoisotopic (exact) mass is 698 g/mol. The highest BCUT2D eigenvalue weighted by molar-refractivity contribution is 5.90. The maximum Gasteiger partial charge on any atom is 0.412 e. The maximum atomic E-state index is 12.0. The van der Waals surface area contributed by atoms with E-state index >= 15 is 0 Å². The maximum absolute atomic E-state index is 12.0. The smallest absolute Gasteiger partial charge is 0.412 e. The number of hydrogen-bond donors (Lipinski definition) is 3. The number of nitrogen functional groups attached to an aromatic ring is 1. The molecule has 0 radical (unpaired) electrons. The Hall–Kier alpha value is -4.56. The quantitative estimate of drug-likeness (QED) is 0.153. The van der Waals surface area contributed by atoms with Crippen LogP contribution in [0.5, 0.6) is 11.5 Å². The lowest BCUT2D eigenvalue weighted by Crippen LogP contribution is -2.29. The number of carbonyl (C=O) groups is 2. The van der Waals surface area contributed by atoms with E-state index in [1.165, 1.54) is 13.2 Å². The van der Waals surface area contributed by atoms with E-state index < -0.39 is 28.3 Å². The topological polar surface area (TPSA) is 171 Å². The Morgan fingerprint density at radius 1 is 0.840 bits per heavy atom. The van der Waals surface area contributed by atoms with Gasteiger partial charge in [-0.1, -0.05) is 6.08 Å². The zero-order chi connectivity index (χ0) is 37.4. The van der Waals surface area contributed by atoms with Crippen LogP contribution in [0, 0.1) is 10.1 Å². The molecule has 2 amide bonds. The van der Waals surface area contributed by atoms with Crippen molar-refractivity contribution in [3.8, 4) is 11.5 Å². The van der Waals surface area contributed by atoms with Crippen LogP contribution in [-0.2, 0) is 9.47 Å². The normalized spacial score (nSPS) is 15.9. The summed E-state index contributed by atoms with van der Waals surface area (Å²) in [7, 11) is 7.17. The molecule has 2 aliphatic heterocycles. The zero-order valence-corrected chi connectivity index (χ0v) is 31.1. The van der Waals surface area contributed by atoms with Gasteiger partial charge in [0.05, 0.1) is 36.1 Å². The second-order valence-electron chi connectivity index (χ2n) is 14.6. The van der Waals surface area contributed by atoms with E-state index in [1.807, 2.05) is 40.0 Å². The minimum atomic E-state index is -0.698. The van der Waals surface area contributed by atoms with Crippen LogP contribution in [0.4, 0.5) is 32.3 Å². The summed E-state index contributed by atoms with van der Waals surface area (Å²) in [5, 5.41) is 16.8. The number of nitrogens with one attached hydrogen (secondary N) is 2.